The lowest BCUT2D eigenvalue weighted by molar-refractivity contribution is -0.125. The van der Waals surface area contributed by atoms with Crippen molar-refractivity contribution < 1.29 is 18.7 Å². The first kappa shape index (κ1) is 25.7. The number of Topliss-reactive ketones (excluding diaryl/α,β-unsaturated/α-hetero) is 1. The van der Waals surface area contributed by atoms with E-state index in [0.29, 0.717) is 34.5 Å². The molecule has 7 heteroatoms. The lowest BCUT2D eigenvalue weighted by atomic mass is 10.0. The van der Waals surface area contributed by atoms with Crippen LogP contribution in [0.4, 0.5) is 5.82 Å². The summed E-state index contributed by atoms with van der Waals surface area (Å²) in [7, 11) is 0. The van der Waals surface area contributed by atoms with Gasteiger partial charge in [0.2, 0.25) is 0 Å². The molecule has 0 aliphatic rings. The van der Waals surface area contributed by atoms with E-state index in [9.17, 15) is 14.9 Å². The number of furan rings is 1. The number of hydrogen-bond acceptors (Lipinski definition) is 6. The number of carbonyl (C=O) groups excluding carboxylic acids is 2. The Kier molecular flexibility index (Phi) is 7.37. The number of anilines is 1. The van der Waals surface area contributed by atoms with E-state index >= 15 is 0 Å². The maximum Gasteiger partial charge on any atom is 0.289 e. The molecule has 7 nitrogen and oxygen atoms in total. The van der Waals surface area contributed by atoms with Crippen LogP contribution in [-0.4, -0.2) is 22.8 Å². The fourth-order valence-corrected chi connectivity index (χ4v) is 4.53. The molecule has 1 amide bonds. The summed E-state index contributed by atoms with van der Waals surface area (Å²) < 4.78 is 12.3. The van der Waals surface area contributed by atoms with Crippen LogP contribution in [0, 0.1) is 17.2 Å². The Balaban J connectivity index is 1.40. The van der Waals surface area contributed by atoms with Crippen LogP contribution in [-0.2, 0) is 11.2 Å². The number of nitriles is 1. The lowest BCUT2D eigenvalue weighted by Crippen LogP contribution is -2.37. The Hall–Kier alpha value is -4.96. The largest absolute Gasteiger partial charge is 0.451 e. The third kappa shape index (κ3) is 5.51. The zero-order valence-corrected chi connectivity index (χ0v) is 21.7. The predicted molar refractivity (Wildman–Crippen MR) is 150 cm³/mol. The Labute approximate surface area is 226 Å². The summed E-state index contributed by atoms with van der Waals surface area (Å²) in [5, 5.41) is 13.9. The second-order valence-electron chi connectivity index (χ2n) is 9.61. The number of ketones is 1. The van der Waals surface area contributed by atoms with Gasteiger partial charge in [-0.3, -0.25) is 9.59 Å². The van der Waals surface area contributed by atoms with Crippen molar-refractivity contribution in [3.8, 4) is 12.0 Å². The molecule has 0 saturated heterocycles. The molecular formula is C32H27N3O4. The minimum atomic E-state index is -0.891. The van der Waals surface area contributed by atoms with Crippen LogP contribution >= 0.6 is 0 Å². The number of aromatic nitrogens is 1. The van der Waals surface area contributed by atoms with Crippen LogP contribution < -0.4 is 10.1 Å². The molecule has 2 heterocycles. The SMILES string of the molecule is CC(C)C(Oc1oc2ccccc2c1CCC(=O)c1ccccc1)C(=O)Nc1ccc2cccc(C#N)c2n1. The van der Waals surface area contributed by atoms with Gasteiger partial charge in [-0.15, -0.1) is 0 Å². The van der Waals surface area contributed by atoms with Gasteiger partial charge in [-0.25, -0.2) is 4.98 Å². The monoisotopic (exact) mass is 517 g/mol. The van der Waals surface area contributed by atoms with E-state index in [1.165, 1.54) is 0 Å². The summed E-state index contributed by atoms with van der Waals surface area (Å²) in [6.07, 6.45) is -0.224. The quantitative estimate of drug-likeness (QED) is 0.218. The van der Waals surface area contributed by atoms with Crippen LogP contribution in [0.1, 0.15) is 41.8 Å². The highest BCUT2D eigenvalue weighted by atomic mass is 16.6. The second-order valence-corrected chi connectivity index (χ2v) is 9.61. The van der Waals surface area contributed by atoms with E-state index in [-0.39, 0.29) is 24.1 Å². The number of carbonyl (C=O) groups is 2. The topological polar surface area (TPSA) is 105 Å². The maximum atomic E-state index is 13.4. The van der Waals surface area contributed by atoms with Crippen molar-refractivity contribution in [1.29, 1.82) is 5.26 Å². The van der Waals surface area contributed by atoms with E-state index in [0.717, 1.165) is 16.3 Å². The van der Waals surface area contributed by atoms with Crippen molar-refractivity contribution >= 4 is 39.4 Å². The van der Waals surface area contributed by atoms with Gasteiger partial charge in [0.25, 0.3) is 11.9 Å². The molecule has 0 radical (unpaired) electrons. The normalized spacial score (nSPS) is 11.8. The number of fused-ring (bicyclic) bond motifs is 2. The second kappa shape index (κ2) is 11.2. The van der Waals surface area contributed by atoms with Gasteiger partial charge in [-0.05, 0) is 36.6 Å². The number of benzene rings is 3. The minimum Gasteiger partial charge on any atom is -0.451 e. The number of aryl methyl sites for hydroxylation is 1. The summed E-state index contributed by atoms with van der Waals surface area (Å²) in [6.45, 7) is 3.76. The van der Waals surface area contributed by atoms with Gasteiger partial charge >= 0.3 is 0 Å². The van der Waals surface area contributed by atoms with E-state index < -0.39 is 12.0 Å². The summed E-state index contributed by atoms with van der Waals surface area (Å²) in [4.78, 5) is 30.7. The number of nitrogens with zero attached hydrogens (tertiary/aromatic N) is 2. The third-order valence-corrected chi connectivity index (χ3v) is 6.55. The molecule has 0 fully saturated rings. The average molecular weight is 518 g/mol. The fraction of sp³-hybridized carbons (Fsp3) is 0.188. The van der Waals surface area contributed by atoms with E-state index in [1.54, 1.807) is 30.3 Å². The summed E-state index contributed by atoms with van der Waals surface area (Å²) in [5.41, 5.74) is 2.96. The molecule has 0 spiro atoms. The maximum absolute atomic E-state index is 13.4. The number of rotatable bonds is 9. The van der Waals surface area contributed by atoms with Crippen molar-refractivity contribution in [2.24, 2.45) is 5.92 Å². The first-order chi connectivity index (χ1) is 18.9. The van der Waals surface area contributed by atoms with Gasteiger partial charge in [-0.1, -0.05) is 74.5 Å². The van der Waals surface area contributed by atoms with E-state index in [1.807, 2.05) is 68.4 Å². The first-order valence-electron chi connectivity index (χ1n) is 12.8. The predicted octanol–water partition coefficient (Wildman–Crippen LogP) is 6.71. The lowest BCUT2D eigenvalue weighted by Gasteiger charge is -2.21. The molecule has 3 aromatic carbocycles. The van der Waals surface area contributed by atoms with Gasteiger partial charge in [0, 0.05) is 28.3 Å². The number of amides is 1. The van der Waals surface area contributed by atoms with Gasteiger partial charge in [0.05, 0.1) is 11.1 Å². The van der Waals surface area contributed by atoms with Crippen LogP contribution in [0.15, 0.2) is 89.3 Å². The molecule has 1 unspecified atom stereocenters. The van der Waals surface area contributed by atoms with Crippen molar-refractivity contribution in [2.45, 2.75) is 32.8 Å². The number of nitrogens with one attached hydrogen (secondary N) is 1. The van der Waals surface area contributed by atoms with Gasteiger partial charge < -0.3 is 14.5 Å². The smallest absolute Gasteiger partial charge is 0.289 e. The Bertz CT molecular complexity index is 1700. The van der Waals surface area contributed by atoms with Crippen molar-refractivity contribution in [3.05, 3.63) is 102 Å². The molecule has 0 saturated carbocycles. The van der Waals surface area contributed by atoms with Crippen molar-refractivity contribution in [3.63, 3.8) is 0 Å². The van der Waals surface area contributed by atoms with Crippen LogP contribution in [0.2, 0.25) is 0 Å². The van der Waals surface area contributed by atoms with Gasteiger partial charge in [-0.2, -0.15) is 5.26 Å². The Morgan fingerprint density at radius 3 is 2.51 bits per heavy atom. The Morgan fingerprint density at radius 1 is 0.974 bits per heavy atom. The molecule has 0 bridgehead atoms. The van der Waals surface area contributed by atoms with Crippen molar-refractivity contribution in [2.75, 3.05) is 5.32 Å². The van der Waals surface area contributed by atoms with Crippen LogP contribution in [0.25, 0.3) is 21.9 Å². The Morgan fingerprint density at radius 2 is 1.74 bits per heavy atom. The van der Waals surface area contributed by atoms with E-state index in [2.05, 4.69) is 16.4 Å². The number of para-hydroxylation sites is 2. The zero-order chi connectivity index (χ0) is 27.4. The first-order valence-corrected chi connectivity index (χ1v) is 12.8. The summed E-state index contributed by atoms with van der Waals surface area (Å²) in [6, 6.07) is 27.7. The highest BCUT2D eigenvalue weighted by Gasteiger charge is 2.28. The highest BCUT2D eigenvalue weighted by molar-refractivity contribution is 5.97. The number of ether oxygens (including phenoxy) is 1. The fourth-order valence-electron chi connectivity index (χ4n) is 4.53. The minimum absolute atomic E-state index is 0.0177. The molecule has 39 heavy (non-hydrogen) atoms. The summed E-state index contributed by atoms with van der Waals surface area (Å²) in [5.74, 6) is -0.0267. The van der Waals surface area contributed by atoms with Gasteiger partial charge in [0.1, 0.15) is 17.5 Å². The van der Waals surface area contributed by atoms with Gasteiger partial charge in [0.15, 0.2) is 11.9 Å². The highest BCUT2D eigenvalue weighted by Crippen LogP contribution is 2.34. The van der Waals surface area contributed by atoms with E-state index in [4.69, 9.17) is 9.15 Å². The zero-order valence-electron chi connectivity index (χ0n) is 21.7. The molecule has 5 rings (SSSR count). The molecule has 5 aromatic rings. The summed E-state index contributed by atoms with van der Waals surface area (Å²) >= 11 is 0. The number of pyridine rings is 1. The molecular weight excluding hydrogens is 490 g/mol. The molecule has 194 valence electrons. The van der Waals surface area contributed by atoms with Crippen LogP contribution in [0.3, 0.4) is 0 Å². The third-order valence-electron chi connectivity index (χ3n) is 6.55. The number of hydrogen-bond donors (Lipinski definition) is 1. The standard InChI is InChI=1S/C32H27N3O4/c1-20(2)30(31(37)35-28-18-15-22-11-8-12-23(19-33)29(22)34-28)39-32-25(24-13-6-7-14-27(24)38-32)16-17-26(36)21-9-4-3-5-10-21/h3-15,18,20,30H,16-17H2,1-2H3,(H,34,35,37). The average Bonchev–Trinajstić information content (AvgIpc) is 3.31. The van der Waals surface area contributed by atoms with Crippen molar-refractivity contribution in [1.82, 2.24) is 4.98 Å². The molecule has 1 N–H and O–H groups in total. The van der Waals surface area contributed by atoms with Crippen LogP contribution in [0.5, 0.6) is 5.95 Å². The molecule has 2 aromatic heterocycles. The molecule has 0 aliphatic carbocycles. The molecule has 0 aliphatic heterocycles. The molecule has 1 atom stereocenters.